The molecule has 6 heteroatoms. The Bertz CT molecular complexity index is 798. The molecule has 3 aromatic rings. The number of rotatable bonds is 2. The average molecular weight is 242 g/mol. The number of fused-ring (bicyclic) bond motifs is 1. The van der Waals surface area contributed by atoms with Gasteiger partial charge in [0.2, 0.25) is 0 Å². The van der Waals surface area contributed by atoms with Crippen molar-refractivity contribution in [2.45, 2.75) is 6.42 Å². The Balaban J connectivity index is 2.07. The first-order valence-corrected chi connectivity index (χ1v) is 5.47. The predicted octanol–water partition coefficient (Wildman–Crippen LogP) is 0.530. The van der Waals surface area contributed by atoms with E-state index in [2.05, 4.69) is 19.9 Å². The van der Waals surface area contributed by atoms with E-state index in [1.807, 2.05) is 30.3 Å². The lowest BCUT2D eigenvalue weighted by Gasteiger charge is -1.95. The standard InChI is InChI=1S/C12H10N4O2/c17-11-9-10(15-12(18)16-11)14-8(13-9)6-7-4-2-1-3-5-7/h1-5H,6H2,(H3,13,14,15,16,17,18). The molecule has 0 saturated carbocycles. The maximum atomic E-state index is 11.5. The smallest absolute Gasteiger partial charge is 0.327 e. The molecule has 0 spiro atoms. The Morgan fingerprint density at radius 1 is 1.00 bits per heavy atom. The van der Waals surface area contributed by atoms with Gasteiger partial charge in [-0.1, -0.05) is 30.3 Å². The molecule has 18 heavy (non-hydrogen) atoms. The number of hydrogen-bond donors (Lipinski definition) is 3. The van der Waals surface area contributed by atoms with Gasteiger partial charge in [0.25, 0.3) is 5.56 Å². The summed E-state index contributed by atoms with van der Waals surface area (Å²) in [5.41, 5.74) is 0.649. The third kappa shape index (κ3) is 1.84. The number of aromatic amines is 3. The molecular weight excluding hydrogens is 232 g/mol. The molecule has 90 valence electrons. The molecule has 0 saturated heterocycles. The number of H-pyrrole nitrogens is 3. The van der Waals surface area contributed by atoms with Crippen molar-refractivity contribution in [3.05, 3.63) is 62.6 Å². The van der Waals surface area contributed by atoms with Crippen molar-refractivity contribution in [1.29, 1.82) is 0 Å². The van der Waals surface area contributed by atoms with E-state index in [-0.39, 0.29) is 5.65 Å². The summed E-state index contributed by atoms with van der Waals surface area (Å²) in [6.45, 7) is 0. The quantitative estimate of drug-likeness (QED) is 0.611. The summed E-state index contributed by atoms with van der Waals surface area (Å²) in [7, 11) is 0. The molecule has 0 unspecified atom stereocenters. The van der Waals surface area contributed by atoms with Crippen LogP contribution < -0.4 is 11.2 Å². The maximum absolute atomic E-state index is 11.5. The highest BCUT2D eigenvalue weighted by molar-refractivity contribution is 5.68. The van der Waals surface area contributed by atoms with Gasteiger partial charge in [0.15, 0.2) is 5.65 Å². The van der Waals surface area contributed by atoms with E-state index >= 15 is 0 Å². The van der Waals surface area contributed by atoms with Crippen LogP contribution >= 0.6 is 0 Å². The van der Waals surface area contributed by atoms with Crippen LogP contribution in [-0.2, 0) is 6.42 Å². The van der Waals surface area contributed by atoms with Gasteiger partial charge in [0.1, 0.15) is 11.3 Å². The van der Waals surface area contributed by atoms with E-state index in [0.717, 1.165) is 5.56 Å². The van der Waals surface area contributed by atoms with Crippen LogP contribution in [0, 0.1) is 0 Å². The zero-order chi connectivity index (χ0) is 12.5. The summed E-state index contributed by atoms with van der Waals surface area (Å²) >= 11 is 0. The van der Waals surface area contributed by atoms with Gasteiger partial charge in [-0.2, -0.15) is 0 Å². The van der Waals surface area contributed by atoms with Crippen LogP contribution in [-0.4, -0.2) is 19.9 Å². The van der Waals surface area contributed by atoms with Crippen molar-refractivity contribution in [2.24, 2.45) is 0 Å². The third-order valence-electron chi connectivity index (χ3n) is 2.65. The second-order valence-corrected chi connectivity index (χ2v) is 3.98. The topological polar surface area (TPSA) is 94.4 Å². The molecular formula is C12H10N4O2. The van der Waals surface area contributed by atoms with Gasteiger partial charge >= 0.3 is 5.69 Å². The Morgan fingerprint density at radius 3 is 2.56 bits per heavy atom. The molecule has 0 aliphatic rings. The highest BCUT2D eigenvalue weighted by Gasteiger charge is 2.07. The van der Waals surface area contributed by atoms with Crippen molar-refractivity contribution in [1.82, 2.24) is 19.9 Å². The summed E-state index contributed by atoms with van der Waals surface area (Å²) in [5, 5.41) is 0. The minimum Gasteiger partial charge on any atom is -0.336 e. The number of benzene rings is 1. The van der Waals surface area contributed by atoms with Crippen LogP contribution in [0.2, 0.25) is 0 Å². The van der Waals surface area contributed by atoms with Crippen LogP contribution in [0.1, 0.15) is 11.4 Å². The lowest BCUT2D eigenvalue weighted by atomic mass is 10.1. The number of hydrogen-bond acceptors (Lipinski definition) is 3. The Labute approximate surface area is 101 Å². The van der Waals surface area contributed by atoms with Gasteiger partial charge in [0.05, 0.1) is 0 Å². The van der Waals surface area contributed by atoms with E-state index in [1.165, 1.54) is 0 Å². The summed E-state index contributed by atoms with van der Waals surface area (Å²) < 4.78 is 0. The second kappa shape index (κ2) is 3.99. The fraction of sp³-hybridized carbons (Fsp3) is 0.0833. The molecule has 0 aliphatic heterocycles. The molecule has 2 heterocycles. The summed E-state index contributed by atoms with van der Waals surface area (Å²) in [4.78, 5) is 34.4. The first kappa shape index (κ1) is 10.5. The monoisotopic (exact) mass is 242 g/mol. The highest BCUT2D eigenvalue weighted by atomic mass is 16.2. The van der Waals surface area contributed by atoms with Gasteiger partial charge in [0, 0.05) is 6.42 Å². The highest BCUT2D eigenvalue weighted by Crippen LogP contribution is 2.08. The largest absolute Gasteiger partial charge is 0.336 e. The van der Waals surface area contributed by atoms with Crippen LogP contribution in [0.5, 0.6) is 0 Å². The molecule has 3 N–H and O–H groups in total. The Kier molecular flexibility index (Phi) is 2.33. The fourth-order valence-corrected chi connectivity index (χ4v) is 1.85. The van der Waals surface area contributed by atoms with E-state index in [1.54, 1.807) is 0 Å². The van der Waals surface area contributed by atoms with Gasteiger partial charge < -0.3 is 4.98 Å². The molecule has 0 aliphatic carbocycles. The molecule has 0 fully saturated rings. The van der Waals surface area contributed by atoms with E-state index in [9.17, 15) is 9.59 Å². The lowest BCUT2D eigenvalue weighted by Crippen LogP contribution is -2.21. The molecule has 0 bridgehead atoms. The molecule has 0 atom stereocenters. The van der Waals surface area contributed by atoms with Crippen molar-refractivity contribution >= 4 is 11.2 Å². The van der Waals surface area contributed by atoms with Crippen LogP contribution in [0.25, 0.3) is 11.2 Å². The van der Waals surface area contributed by atoms with Crippen LogP contribution in [0.4, 0.5) is 0 Å². The molecule has 0 radical (unpaired) electrons. The number of nitrogens with zero attached hydrogens (tertiary/aromatic N) is 1. The zero-order valence-corrected chi connectivity index (χ0v) is 9.36. The van der Waals surface area contributed by atoms with E-state index < -0.39 is 11.2 Å². The third-order valence-corrected chi connectivity index (χ3v) is 2.65. The number of aromatic nitrogens is 4. The first-order chi connectivity index (χ1) is 8.72. The van der Waals surface area contributed by atoms with Crippen LogP contribution in [0.15, 0.2) is 39.9 Å². The summed E-state index contributed by atoms with van der Waals surface area (Å²) in [6, 6.07) is 9.75. The predicted molar refractivity (Wildman–Crippen MR) is 66.6 cm³/mol. The normalized spacial score (nSPS) is 10.9. The minimum absolute atomic E-state index is 0.287. The number of nitrogens with one attached hydrogen (secondary N) is 3. The second-order valence-electron chi connectivity index (χ2n) is 3.98. The lowest BCUT2D eigenvalue weighted by molar-refractivity contribution is 1.03. The maximum Gasteiger partial charge on any atom is 0.327 e. The van der Waals surface area contributed by atoms with E-state index in [0.29, 0.717) is 17.8 Å². The van der Waals surface area contributed by atoms with Crippen molar-refractivity contribution in [3.8, 4) is 0 Å². The summed E-state index contributed by atoms with van der Waals surface area (Å²) in [6.07, 6.45) is 0.580. The summed E-state index contributed by atoms with van der Waals surface area (Å²) in [5.74, 6) is 0.642. The molecule has 3 rings (SSSR count). The average Bonchev–Trinajstić information content (AvgIpc) is 2.73. The molecule has 2 aromatic heterocycles. The molecule has 6 nitrogen and oxygen atoms in total. The van der Waals surface area contributed by atoms with Crippen molar-refractivity contribution in [3.63, 3.8) is 0 Å². The van der Waals surface area contributed by atoms with Gasteiger partial charge in [-0.05, 0) is 5.56 Å². The Hall–Kier alpha value is -2.63. The van der Waals surface area contributed by atoms with Crippen molar-refractivity contribution in [2.75, 3.05) is 0 Å². The minimum atomic E-state index is -0.551. The van der Waals surface area contributed by atoms with Crippen molar-refractivity contribution < 1.29 is 0 Å². The molecule has 0 amide bonds. The van der Waals surface area contributed by atoms with E-state index in [4.69, 9.17) is 0 Å². The zero-order valence-electron chi connectivity index (χ0n) is 9.36. The first-order valence-electron chi connectivity index (χ1n) is 5.47. The van der Waals surface area contributed by atoms with Gasteiger partial charge in [-0.3, -0.25) is 14.8 Å². The SMILES string of the molecule is O=c1[nH]c(=O)c2[nH]c(Cc3ccccc3)nc2[nH]1. The Morgan fingerprint density at radius 2 is 1.78 bits per heavy atom. The number of imidazole rings is 1. The van der Waals surface area contributed by atoms with Gasteiger partial charge in [-0.15, -0.1) is 0 Å². The fourth-order valence-electron chi connectivity index (χ4n) is 1.85. The van der Waals surface area contributed by atoms with Crippen LogP contribution in [0.3, 0.4) is 0 Å². The molecule has 1 aromatic carbocycles. The van der Waals surface area contributed by atoms with Gasteiger partial charge in [-0.25, -0.2) is 9.78 Å².